The fourth-order valence-electron chi connectivity index (χ4n) is 2.89. The van der Waals surface area contributed by atoms with Gasteiger partial charge in [-0.1, -0.05) is 33.1 Å². The summed E-state index contributed by atoms with van der Waals surface area (Å²) in [5.74, 6) is 1.41. The summed E-state index contributed by atoms with van der Waals surface area (Å²) in [5, 5.41) is 10.4. The molecule has 0 bridgehead atoms. The zero-order valence-electron chi connectivity index (χ0n) is 11.0. The first kappa shape index (κ1) is 13.1. The Morgan fingerprint density at radius 2 is 1.94 bits per heavy atom. The van der Waals surface area contributed by atoms with Gasteiger partial charge in [0.05, 0.1) is 6.10 Å². The molecule has 1 heterocycles. The largest absolute Gasteiger partial charge is 0.387 e. The Hall–Kier alpha value is -0.340. The summed E-state index contributed by atoms with van der Waals surface area (Å²) in [7, 11) is 0. The Morgan fingerprint density at radius 1 is 1.24 bits per heavy atom. The molecule has 0 aliphatic heterocycles. The lowest BCUT2D eigenvalue weighted by molar-refractivity contribution is 0.0757. The predicted octanol–water partition coefficient (Wildman–Crippen LogP) is 4.56. The number of rotatable bonds is 4. The fourth-order valence-corrected chi connectivity index (χ4v) is 3.92. The van der Waals surface area contributed by atoms with Crippen molar-refractivity contribution < 1.29 is 5.11 Å². The molecular formula is C15H24OS. The number of aliphatic hydroxyl groups excluding tert-OH is 1. The summed E-state index contributed by atoms with van der Waals surface area (Å²) in [6.45, 7) is 4.46. The van der Waals surface area contributed by atoms with Crippen LogP contribution in [-0.2, 0) is 6.42 Å². The summed E-state index contributed by atoms with van der Waals surface area (Å²) in [6, 6.07) is 4.29. The van der Waals surface area contributed by atoms with E-state index in [1.165, 1.54) is 41.9 Å². The molecule has 0 spiro atoms. The Balaban J connectivity index is 1.94. The highest BCUT2D eigenvalue weighted by Gasteiger charge is 2.27. The quantitative estimate of drug-likeness (QED) is 0.833. The van der Waals surface area contributed by atoms with Gasteiger partial charge >= 0.3 is 0 Å². The maximum absolute atomic E-state index is 10.4. The van der Waals surface area contributed by atoms with Crippen molar-refractivity contribution in [2.75, 3.05) is 0 Å². The molecule has 1 N–H and O–H groups in total. The monoisotopic (exact) mass is 252 g/mol. The number of aryl methyl sites for hydroxylation is 1. The van der Waals surface area contributed by atoms with Gasteiger partial charge in [0, 0.05) is 9.75 Å². The topological polar surface area (TPSA) is 20.2 Å². The second-order valence-corrected chi connectivity index (χ2v) is 6.49. The van der Waals surface area contributed by atoms with E-state index in [1.807, 2.05) is 0 Å². The van der Waals surface area contributed by atoms with Gasteiger partial charge in [-0.2, -0.15) is 0 Å². The van der Waals surface area contributed by atoms with Crippen LogP contribution in [0, 0.1) is 11.8 Å². The molecule has 1 fully saturated rings. The van der Waals surface area contributed by atoms with Crippen LogP contribution in [0.15, 0.2) is 12.1 Å². The van der Waals surface area contributed by atoms with Crippen LogP contribution in [0.1, 0.15) is 61.8 Å². The molecule has 1 unspecified atom stereocenters. The SMILES string of the molecule is CCc1ccc(C(O)C2CCC(CC)CC2)s1. The zero-order chi connectivity index (χ0) is 12.3. The third-order valence-corrected chi connectivity index (χ3v) is 5.54. The molecule has 1 aliphatic carbocycles. The molecule has 0 aromatic carbocycles. The predicted molar refractivity (Wildman–Crippen MR) is 74.4 cm³/mol. The first-order chi connectivity index (χ1) is 8.24. The summed E-state index contributed by atoms with van der Waals surface area (Å²) < 4.78 is 0. The van der Waals surface area contributed by atoms with Crippen LogP contribution in [0.4, 0.5) is 0 Å². The smallest absolute Gasteiger partial charge is 0.0910 e. The molecule has 1 nitrogen and oxygen atoms in total. The van der Waals surface area contributed by atoms with Gasteiger partial charge in [-0.3, -0.25) is 0 Å². The van der Waals surface area contributed by atoms with Gasteiger partial charge in [0.1, 0.15) is 0 Å². The van der Waals surface area contributed by atoms with Gasteiger partial charge in [0.2, 0.25) is 0 Å². The van der Waals surface area contributed by atoms with Gasteiger partial charge in [-0.05, 0) is 43.2 Å². The van der Waals surface area contributed by atoms with Crippen molar-refractivity contribution in [3.8, 4) is 0 Å². The van der Waals surface area contributed by atoms with E-state index in [1.54, 1.807) is 11.3 Å². The highest BCUT2D eigenvalue weighted by atomic mass is 32.1. The van der Waals surface area contributed by atoms with Crippen LogP contribution < -0.4 is 0 Å². The lowest BCUT2D eigenvalue weighted by Crippen LogP contribution is -2.19. The maximum Gasteiger partial charge on any atom is 0.0910 e. The van der Waals surface area contributed by atoms with Crippen LogP contribution in [-0.4, -0.2) is 5.11 Å². The average molecular weight is 252 g/mol. The first-order valence-corrected chi connectivity index (χ1v) is 7.82. The number of thiophene rings is 1. The van der Waals surface area contributed by atoms with Gasteiger partial charge in [0.15, 0.2) is 0 Å². The van der Waals surface area contributed by atoms with E-state index in [4.69, 9.17) is 0 Å². The van der Waals surface area contributed by atoms with Gasteiger partial charge < -0.3 is 5.11 Å². The molecule has 96 valence electrons. The second kappa shape index (κ2) is 6.01. The van der Waals surface area contributed by atoms with Crippen LogP contribution in [0.2, 0.25) is 0 Å². The summed E-state index contributed by atoms with van der Waals surface area (Å²) in [6.07, 6.45) is 7.21. The van der Waals surface area contributed by atoms with Crippen LogP contribution in [0.25, 0.3) is 0 Å². The molecule has 0 radical (unpaired) electrons. The number of hydrogen-bond donors (Lipinski definition) is 1. The van der Waals surface area contributed by atoms with E-state index >= 15 is 0 Å². The molecule has 1 saturated carbocycles. The minimum atomic E-state index is -0.210. The number of aliphatic hydroxyl groups is 1. The summed E-state index contributed by atoms with van der Waals surface area (Å²) in [5.41, 5.74) is 0. The van der Waals surface area contributed by atoms with Crippen molar-refractivity contribution >= 4 is 11.3 Å². The third kappa shape index (κ3) is 3.11. The third-order valence-electron chi connectivity index (χ3n) is 4.24. The molecule has 1 aromatic rings. The highest BCUT2D eigenvalue weighted by molar-refractivity contribution is 7.12. The molecule has 0 amide bonds. The van der Waals surface area contributed by atoms with Crippen molar-refractivity contribution in [2.24, 2.45) is 11.8 Å². The van der Waals surface area contributed by atoms with E-state index in [-0.39, 0.29) is 6.10 Å². The summed E-state index contributed by atoms with van der Waals surface area (Å²) >= 11 is 1.79. The van der Waals surface area contributed by atoms with Gasteiger partial charge in [0.25, 0.3) is 0 Å². The molecule has 17 heavy (non-hydrogen) atoms. The highest BCUT2D eigenvalue weighted by Crippen LogP contribution is 2.39. The minimum Gasteiger partial charge on any atom is -0.387 e. The molecule has 1 aromatic heterocycles. The normalized spacial score (nSPS) is 27.0. The van der Waals surface area contributed by atoms with Crippen molar-refractivity contribution in [1.29, 1.82) is 0 Å². The lowest BCUT2D eigenvalue weighted by atomic mass is 9.78. The standard InChI is InChI=1S/C15H24OS/c1-3-11-5-7-12(8-6-11)15(16)14-10-9-13(4-2)17-14/h9-12,15-16H,3-8H2,1-2H3. The van der Waals surface area contributed by atoms with E-state index in [0.29, 0.717) is 5.92 Å². The molecule has 2 heteroatoms. The van der Waals surface area contributed by atoms with Crippen molar-refractivity contribution in [3.63, 3.8) is 0 Å². The molecular weight excluding hydrogens is 228 g/mol. The van der Waals surface area contributed by atoms with Crippen molar-refractivity contribution in [3.05, 3.63) is 21.9 Å². The minimum absolute atomic E-state index is 0.210. The van der Waals surface area contributed by atoms with E-state index in [0.717, 1.165) is 12.3 Å². The Labute approximate surface area is 109 Å². The van der Waals surface area contributed by atoms with Crippen LogP contribution >= 0.6 is 11.3 Å². The maximum atomic E-state index is 10.4. The van der Waals surface area contributed by atoms with Crippen molar-refractivity contribution in [2.45, 2.75) is 58.5 Å². The van der Waals surface area contributed by atoms with Crippen LogP contribution in [0.3, 0.4) is 0 Å². The molecule has 0 saturated heterocycles. The molecule has 2 rings (SSSR count). The van der Waals surface area contributed by atoms with E-state index < -0.39 is 0 Å². The second-order valence-electron chi connectivity index (χ2n) is 5.29. The lowest BCUT2D eigenvalue weighted by Gasteiger charge is -2.30. The van der Waals surface area contributed by atoms with E-state index in [2.05, 4.69) is 26.0 Å². The summed E-state index contributed by atoms with van der Waals surface area (Å²) in [4.78, 5) is 2.57. The van der Waals surface area contributed by atoms with Gasteiger partial charge in [-0.15, -0.1) is 11.3 Å². The fraction of sp³-hybridized carbons (Fsp3) is 0.733. The Morgan fingerprint density at radius 3 is 2.47 bits per heavy atom. The average Bonchev–Trinajstić information content (AvgIpc) is 2.87. The number of hydrogen-bond acceptors (Lipinski definition) is 2. The Kier molecular flexibility index (Phi) is 4.63. The van der Waals surface area contributed by atoms with E-state index in [9.17, 15) is 5.11 Å². The van der Waals surface area contributed by atoms with Gasteiger partial charge in [-0.25, -0.2) is 0 Å². The first-order valence-electron chi connectivity index (χ1n) is 7.01. The molecule has 1 atom stereocenters. The Bertz CT molecular complexity index is 336. The zero-order valence-corrected chi connectivity index (χ0v) is 11.8. The van der Waals surface area contributed by atoms with Crippen LogP contribution in [0.5, 0.6) is 0 Å². The van der Waals surface area contributed by atoms with Crippen molar-refractivity contribution in [1.82, 2.24) is 0 Å². The molecule has 1 aliphatic rings.